The Labute approximate surface area is 194 Å². The number of carbonyl (C=O) groups is 2. The fourth-order valence-corrected chi connectivity index (χ4v) is 3.83. The first-order valence-electron chi connectivity index (χ1n) is 10.6. The lowest BCUT2D eigenvalue weighted by Crippen LogP contribution is -2.41. The fourth-order valence-electron chi connectivity index (χ4n) is 3.00. The number of hydrogen-bond acceptors (Lipinski definition) is 4. The highest BCUT2D eigenvalue weighted by Gasteiger charge is 2.18. The van der Waals surface area contributed by atoms with Crippen LogP contribution in [0, 0.1) is 0 Å². The molecule has 0 unspecified atom stereocenters. The molecule has 0 spiro atoms. The van der Waals surface area contributed by atoms with Gasteiger partial charge in [0, 0.05) is 34.3 Å². The van der Waals surface area contributed by atoms with Crippen molar-refractivity contribution < 1.29 is 9.59 Å². The molecule has 0 aliphatic heterocycles. The standard InChI is InChI=1S/C26H29N3O2S/c1-18(28-25(31)20-7-9-21(10-8-20)26(2,3)4)24(30)29-22-11-13-23(14-12-22)32-17-19-6-5-15-27-16-19/h5-16,18H,17H2,1-4H3,(H,28,31)(H,29,30)/t18-/m0/s1. The van der Waals surface area contributed by atoms with Gasteiger partial charge in [-0.1, -0.05) is 39.0 Å². The number of nitrogens with one attached hydrogen (secondary N) is 2. The smallest absolute Gasteiger partial charge is 0.251 e. The summed E-state index contributed by atoms with van der Waals surface area (Å²) in [6.07, 6.45) is 3.62. The molecule has 6 heteroatoms. The van der Waals surface area contributed by atoms with Crippen molar-refractivity contribution in [2.75, 3.05) is 5.32 Å². The van der Waals surface area contributed by atoms with Crippen molar-refractivity contribution in [3.8, 4) is 0 Å². The molecule has 1 aromatic heterocycles. The van der Waals surface area contributed by atoms with Gasteiger partial charge in [-0.15, -0.1) is 11.8 Å². The number of amides is 2. The summed E-state index contributed by atoms with van der Waals surface area (Å²) in [6.45, 7) is 8.05. The highest BCUT2D eigenvalue weighted by atomic mass is 32.2. The summed E-state index contributed by atoms with van der Waals surface area (Å²) in [4.78, 5) is 30.3. The van der Waals surface area contributed by atoms with E-state index in [2.05, 4.69) is 36.4 Å². The lowest BCUT2D eigenvalue weighted by molar-refractivity contribution is -0.117. The lowest BCUT2D eigenvalue weighted by atomic mass is 9.86. The van der Waals surface area contributed by atoms with Crippen molar-refractivity contribution in [2.45, 2.75) is 49.8 Å². The first-order valence-corrected chi connectivity index (χ1v) is 11.5. The Balaban J connectivity index is 1.51. The number of aromatic nitrogens is 1. The predicted octanol–water partition coefficient (Wildman–Crippen LogP) is 5.43. The highest BCUT2D eigenvalue weighted by molar-refractivity contribution is 7.98. The van der Waals surface area contributed by atoms with E-state index in [9.17, 15) is 9.59 Å². The van der Waals surface area contributed by atoms with Gasteiger partial charge in [0.05, 0.1) is 0 Å². The molecule has 0 bridgehead atoms. The molecule has 2 N–H and O–H groups in total. The van der Waals surface area contributed by atoms with Crippen LogP contribution in [-0.4, -0.2) is 22.8 Å². The topological polar surface area (TPSA) is 71.1 Å². The van der Waals surface area contributed by atoms with Gasteiger partial charge >= 0.3 is 0 Å². The molecule has 0 saturated heterocycles. The van der Waals surface area contributed by atoms with E-state index in [1.165, 1.54) is 0 Å². The minimum absolute atomic E-state index is 0.0228. The molecule has 0 saturated carbocycles. The first-order chi connectivity index (χ1) is 15.2. The maximum Gasteiger partial charge on any atom is 0.251 e. The van der Waals surface area contributed by atoms with Gasteiger partial charge < -0.3 is 10.6 Å². The van der Waals surface area contributed by atoms with E-state index < -0.39 is 6.04 Å². The summed E-state index contributed by atoms with van der Waals surface area (Å²) in [5.41, 5.74) is 3.56. The highest BCUT2D eigenvalue weighted by Crippen LogP contribution is 2.24. The van der Waals surface area contributed by atoms with Crippen LogP contribution in [0.2, 0.25) is 0 Å². The van der Waals surface area contributed by atoms with Crippen LogP contribution in [0.4, 0.5) is 5.69 Å². The number of hydrogen-bond donors (Lipinski definition) is 2. The zero-order valence-corrected chi connectivity index (χ0v) is 19.7. The molecule has 0 aliphatic rings. The molecular weight excluding hydrogens is 418 g/mol. The van der Waals surface area contributed by atoms with Gasteiger partial charge in [0.2, 0.25) is 5.91 Å². The molecule has 32 heavy (non-hydrogen) atoms. The van der Waals surface area contributed by atoms with E-state index in [1.807, 2.05) is 54.7 Å². The maximum absolute atomic E-state index is 12.5. The van der Waals surface area contributed by atoms with Crippen LogP contribution in [-0.2, 0) is 16.0 Å². The molecule has 0 radical (unpaired) electrons. The third kappa shape index (κ3) is 6.69. The van der Waals surface area contributed by atoms with Crippen LogP contribution < -0.4 is 10.6 Å². The Kier molecular flexibility index (Phi) is 7.70. The Morgan fingerprint density at radius 1 is 1.00 bits per heavy atom. The maximum atomic E-state index is 12.5. The number of nitrogens with zero attached hydrogens (tertiary/aromatic N) is 1. The SMILES string of the molecule is C[C@H](NC(=O)c1ccc(C(C)(C)C)cc1)C(=O)Nc1ccc(SCc2cccnc2)cc1. The summed E-state index contributed by atoms with van der Waals surface area (Å²) >= 11 is 1.71. The van der Waals surface area contributed by atoms with Gasteiger partial charge in [0.25, 0.3) is 5.91 Å². The van der Waals surface area contributed by atoms with E-state index in [-0.39, 0.29) is 17.2 Å². The molecule has 2 amide bonds. The average molecular weight is 448 g/mol. The van der Waals surface area contributed by atoms with E-state index in [1.54, 1.807) is 37.0 Å². The predicted molar refractivity (Wildman–Crippen MR) is 131 cm³/mol. The van der Waals surface area contributed by atoms with Crippen molar-refractivity contribution in [1.29, 1.82) is 0 Å². The summed E-state index contributed by atoms with van der Waals surface area (Å²) in [5.74, 6) is 0.301. The van der Waals surface area contributed by atoms with E-state index in [4.69, 9.17) is 0 Å². The van der Waals surface area contributed by atoms with Gasteiger partial charge in [0.1, 0.15) is 6.04 Å². The van der Waals surface area contributed by atoms with Gasteiger partial charge in [-0.25, -0.2) is 0 Å². The van der Waals surface area contributed by atoms with Crippen molar-refractivity contribution in [1.82, 2.24) is 10.3 Å². The molecule has 1 heterocycles. The van der Waals surface area contributed by atoms with Crippen molar-refractivity contribution in [2.24, 2.45) is 0 Å². The molecule has 0 aliphatic carbocycles. The molecule has 2 aromatic carbocycles. The fraction of sp³-hybridized carbons (Fsp3) is 0.269. The summed E-state index contributed by atoms with van der Waals surface area (Å²) < 4.78 is 0. The lowest BCUT2D eigenvalue weighted by Gasteiger charge is -2.19. The van der Waals surface area contributed by atoms with Gasteiger partial charge in [0.15, 0.2) is 0 Å². The van der Waals surface area contributed by atoms with Crippen molar-refractivity contribution >= 4 is 29.3 Å². The third-order valence-electron chi connectivity index (χ3n) is 5.00. The Morgan fingerprint density at radius 3 is 2.28 bits per heavy atom. The van der Waals surface area contributed by atoms with E-state index in [0.29, 0.717) is 11.3 Å². The number of thioether (sulfide) groups is 1. The number of rotatable bonds is 7. The number of carbonyl (C=O) groups excluding carboxylic acids is 2. The zero-order valence-electron chi connectivity index (χ0n) is 18.9. The number of benzene rings is 2. The van der Waals surface area contributed by atoms with Crippen LogP contribution in [0.5, 0.6) is 0 Å². The van der Waals surface area contributed by atoms with E-state index in [0.717, 1.165) is 21.8 Å². The monoisotopic (exact) mass is 447 g/mol. The molecule has 5 nitrogen and oxygen atoms in total. The second-order valence-electron chi connectivity index (χ2n) is 8.69. The third-order valence-corrected chi connectivity index (χ3v) is 6.09. The molecule has 166 valence electrons. The molecule has 1 atom stereocenters. The van der Waals surface area contributed by atoms with E-state index >= 15 is 0 Å². The Hall–Kier alpha value is -3.12. The van der Waals surface area contributed by atoms with Crippen LogP contribution in [0.25, 0.3) is 0 Å². The summed E-state index contributed by atoms with van der Waals surface area (Å²) in [6, 6.07) is 18.5. The van der Waals surface area contributed by atoms with Gasteiger partial charge in [-0.05, 0) is 65.9 Å². The number of pyridine rings is 1. The van der Waals surface area contributed by atoms with Crippen LogP contribution >= 0.6 is 11.8 Å². The molecule has 3 rings (SSSR count). The minimum Gasteiger partial charge on any atom is -0.341 e. The van der Waals surface area contributed by atoms with Crippen LogP contribution in [0.3, 0.4) is 0 Å². The summed E-state index contributed by atoms with van der Waals surface area (Å²) in [5, 5.41) is 5.62. The second-order valence-corrected chi connectivity index (χ2v) is 9.73. The molecule has 3 aromatic rings. The normalized spacial score (nSPS) is 12.1. The largest absolute Gasteiger partial charge is 0.341 e. The Morgan fingerprint density at radius 2 is 1.69 bits per heavy atom. The average Bonchev–Trinajstić information content (AvgIpc) is 2.78. The van der Waals surface area contributed by atoms with Gasteiger partial charge in [-0.2, -0.15) is 0 Å². The number of anilines is 1. The van der Waals surface area contributed by atoms with Crippen LogP contribution in [0.1, 0.15) is 49.2 Å². The quantitative estimate of drug-likeness (QED) is 0.474. The van der Waals surface area contributed by atoms with Crippen molar-refractivity contribution in [3.05, 3.63) is 89.7 Å². The second kappa shape index (κ2) is 10.5. The Bertz CT molecular complexity index is 1040. The van der Waals surface area contributed by atoms with Gasteiger partial charge in [-0.3, -0.25) is 14.6 Å². The van der Waals surface area contributed by atoms with Crippen molar-refractivity contribution in [3.63, 3.8) is 0 Å². The molecular formula is C26H29N3O2S. The first kappa shape index (κ1) is 23.5. The van der Waals surface area contributed by atoms with Crippen LogP contribution in [0.15, 0.2) is 78.0 Å². The minimum atomic E-state index is -0.663. The zero-order chi connectivity index (χ0) is 23.1. The molecule has 0 fully saturated rings. The summed E-state index contributed by atoms with van der Waals surface area (Å²) in [7, 11) is 0.